The molecular formula is C17H20N3+. The number of nitrogens with one attached hydrogen (secondary N) is 1. The third-order valence-corrected chi connectivity index (χ3v) is 3.73. The summed E-state index contributed by atoms with van der Waals surface area (Å²) in [7, 11) is 0. The van der Waals surface area contributed by atoms with Gasteiger partial charge in [0.1, 0.15) is 6.54 Å². The highest BCUT2D eigenvalue weighted by Gasteiger charge is 2.08. The molecule has 0 bridgehead atoms. The molecule has 0 saturated heterocycles. The van der Waals surface area contributed by atoms with E-state index in [1.807, 2.05) is 18.5 Å². The van der Waals surface area contributed by atoms with Crippen LogP contribution in [0, 0.1) is 6.92 Å². The van der Waals surface area contributed by atoms with Gasteiger partial charge in [-0.1, -0.05) is 24.3 Å². The van der Waals surface area contributed by atoms with Crippen molar-refractivity contribution < 1.29 is 5.32 Å². The minimum atomic E-state index is 0.995. The van der Waals surface area contributed by atoms with Crippen LogP contribution >= 0.6 is 0 Å². The predicted octanol–water partition coefficient (Wildman–Crippen LogP) is 2.18. The summed E-state index contributed by atoms with van der Waals surface area (Å²) in [4.78, 5) is 7.61. The molecule has 0 saturated carbocycles. The first-order valence-corrected chi connectivity index (χ1v) is 7.11. The highest BCUT2D eigenvalue weighted by Crippen LogP contribution is 2.21. The molecule has 20 heavy (non-hydrogen) atoms. The second-order valence-corrected chi connectivity index (χ2v) is 5.17. The third-order valence-electron chi connectivity index (χ3n) is 3.73. The van der Waals surface area contributed by atoms with Crippen molar-refractivity contribution >= 4 is 10.9 Å². The number of H-pyrrole nitrogens is 1. The predicted molar refractivity (Wildman–Crippen MR) is 81.5 cm³/mol. The summed E-state index contributed by atoms with van der Waals surface area (Å²) in [5, 5.41) is 3.71. The molecule has 3 aromatic rings. The smallest absolute Gasteiger partial charge is 0.103 e. The van der Waals surface area contributed by atoms with Gasteiger partial charge in [0.25, 0.3) is 0 Å². The lowest BCUT2D eigenvalue weighted by atomic mass is 10.1. The molecule has 0 radical (unpaired) electrons. The lowest BCUT2D eigenvalue weighted by molar-refractivity contribution is -0.670. The Morgan fingerprint density at radius 2 is 2.05 bits per heavy atom. The van der Waals surface area contributed by atoms with E-state index < -0.39 is 0 Å². The molecule has 2 aromatic heterocycles. The highest BCUT2D eigenvalue weighted by molar-refractivity contribution is 5.84. The first-order valence-electron chi connectivity index (χ1n) is 7.11. The van der Waals surface area contributed by atoms with E-state index in [0.717, 1.165) is 19.5 Å². The average Bonchev–Trinajstić information content (AvgIpc) is 2.80. The number of hydrogen-bond acceptors (Lipinski definition) is 1. The summed E-state index contributed by atoms with van der Waals surface area (Å²) in [5.74, 6) is 0. The van der Waals surface area contributed by atoms with Crippen molar-refractivity contribution in [3.63, 3.8) is 0 Å². The van der Waals surface area contributed by atoms with Gasteiger partial charge in [0, 0.05) is 41.0 Å². The topological polar surface area (TPSA) is 45.3 Å². The van der Waals surface area contributed by atoms with Gasteiger partial charge in [-0.15, -0.1) is 0 Å². The van der Waals surface area contributed by atoms with Gasteiger partial charge in [-0.2, -0.15) is 0 Å². The normalized spacial score (nSPS) is 11.1. The van der Waals surface area contributed by atoms with Gasteiger partial charge in [-0.25, -0.2) is 0 Å². The molecule has 2 heterocycles. The van der Waals surface area contributed by atoms with E-state index in [1.165, 1.54) is 27.7 Å². The van der Waals surface area contributed by atoms with E-state index in [2.05, 4.69) is 52.5 Å². The monoisotopic (exact) mass is 266 g/mol. The maximum atomic E-state index is 4.14. The number of aromatic amines is 1. The van der Waals surface area contributed by atoms with Crippen molar-refractivity contribution in [1.29, 1.82) is 0 Å². The summed E-state index contributed by atoms with van der Waals surface area (Å²) in [6, 6.07) is 12.7. The second kappa shape index (κ2) is 5.88. The number of fused-ring (bicyclic) bond motifs is 1. The van der Waals surface area contributed by atoms with Crippen LogP contribution in [0.3, 0.4) is 0 Å². The molecule has 0 aliphatic rings. The number of benzene rings is 1. The number of hydrogen-bond donors (Lipinski definition) is 2. The zero-order valence-corrected chi connectivity index (χ0v) is 11.8. The van der Waals surface area contributed by atoms with Crippen LogP contribution in [0.5, 0.6) is 0 Å². The number of nitrogens with two attached hydrogens (primary N) is 1. The van der Waals surface area contributed by atoms with Crippen molar-refractivity contribution in [3.05, 3.63) is 65.6 Å². The van der Waals surface area contributed by atoms with Crippen molar-refractivity contribution in [2.45, 2.75) is 19.9 Å². The number of para-hydroxylation sites is 1. The fraction of sp³-hybridized carbons (Fsp3) is 0.235. The summed E-state index contributed by atoms with van der Waals surface area (Å²) < 4.78 is 0. The molecule has 3 nitrogen and oxygen atoms in total. The molecule has 1 aromatic carbocycles. The molecular weight excluding hydrogens is 246 g/mol. The van der Waals surface area contributed by atoms with Crippen LogP contribution in [0.1, 0.15) is 16.8 Å². The molecule has 0 amide bonds. The number of quaternary nitrogens is 1. The van der Waals surface area contributed by atoms with E-state index in [9.17, 15) is 0 Å². The largest absolute Gasteiger partial charge is 0.358 e. The lowest BCUT2D eigenvalue weighted by Gasteiger charge is -2.02. The van der Waals surface area contributed by atoms with Crippen LogP contribution in [0.2, 0.25) is 0 Å². The number of pyridine rings is 1. The number of rotatable bonds is 5. The molecule has 3 rings (SSSR count). The third kappa shape index (κ3) is 2.73. The van der Waals surface area contributed by atoms with Gasteiger partial charge >= 0.3 is 0 Å². The summed E-state index contributed by atoms with van der Waals surface area (Å²) in [6.45, 7) is 4.25. The highest BCUT2D eigenvalue weighted by atomic mass is 14.9. The molecule has 0 unspecified atom stereocenters. The number of nitrogens with zero attached hydrogens (tertiary/aromatic N) is 1. The van der Waals surface area contributed by atoms with Crippen molar-refractivity contribution in [2.75, 3.05) is 6.54 Å². The Balaban J connectivity index is 1.61. The molecule has 0 aliphatic heterocycles. The zero-order valence-electron chi connectivity index (χ0n) is 11.8. The summed E-state index contributed by atoms with van der Waals surface area (Å²) >= 11 is 0. The van der Waals surface area contributed by atoms with Gasteiger partial charge in [0.05, 0.1) is 6.54 Å². The molecule has 0 atom stereocenters. The van der Waals surface area contributed by atoms with E-state index >= 15 is 0 Å². The number of aromatic nitrogens is 2. The Morgan fingerprint density at radius 3 is 2.90 bits per heavy atom. The maximum Gasteiger partial charge on any atom is 0.103 e. The Morgan fingerprint density at radius 1 is 1.15 bits per heavy atom. The van der Waals surface area contributed by atoms with E-state index in [0.29, 0.717) is 0 Å². The maximum absolute atomic E-state index is 4.14. The molecule has 0 aliphatic carbocycles. The van der Waals surface area contributed by atoms with E-state index in [-0.39, 0.29) is 0 Å². The molecule has 3 heteroatoms. The fourth-order valence-electron chi connectivity index (χ4n) is 2.69. The molecule has 102 valence electrons. The van der Waals surface area contributed by atoms with Crippen molar-refractivity contribution in [3.8, 4) is 0 Å². The summed E-state index contributed by atoms with van der Waals surface area (Å²) in [5.41, 5.74) is 5.26. The Hall–Kier alpha value is -2.13. The van der Waals surface area contributed by atoms with Crippen molar-refractivity contribution in [1.82, 2.24) is 9.97 Å². The van der Waals surface area contributed by atoms with Crippen molar-refractivity contribution in [2.24, 2.45) is 0 Å². The van der Waals surface area contributed by atoms with Crippen LogP contribution in [0.25, 0.3) is 10.9 Å². The fourth-order valence-corrected chi connectivity index (χ4v) is 2.69. The molecule has 0 fully saturated rings. The van der Waals surface area contributed by atoms with Gasteiger partial charge in [0.2, 0.25) is 0 Å². The van der Waals surface area contributed by atoms with Crippen LogP contribution in [-0.4, -0.2) is 16.5 Å². The Labute approximate surface area is 119 Å². The minimum absolute atomic E-state index is 0.995. The van der Waals surface area contributed by atoms with Gasteiger partial charge in [-0.05, 0) is 24.6 Å². The van der Waals surface area contributed by atoms with Gasteiger partial charge < -0.3 is 10.3 Å². The van der Waals surface area contributed by atoms with Crippen LogP contribution < -0.4 is 5.32 Å². The summed E-state index contributed by atoms with van der Waals surface area (Å²) in [6.07, 6.45) is 4.85. The number of aryl methyl sites for hydroxylation is 1. The zero-order chi connectivity index (χ0) is 13.8. The SMILES string of the molecule is Cc1[nH]c2ccccc2c1CC[NH2+]Cc1cccnc1. The van der Waals surface area contributed by atoms with E-state index in [1.54, 1.807) is 0 Å². The van der Waals surface area contributed by atoms with Crippen LogP contribution in [-0.2, 0) is 13.0 Å². The minimum Gasteiger partial charge on any atom is -0.358 e. The van der Waals surface area contributed by atoms with E-state index in [4.69, 9.17) is 0 Å². The second-order valence-electron chi connectivity index (χ2n) is 5.17. The molecule has 3 N–H and O–H groups in total. The average molecular weight is 266 g/mol. The Kier molecular flexibility index (Phi) is 3.79. The van der Waals surface area contributed by atoms with Gasteiger partial charge in [-0.3, -0.25) is 4.98 Å². The quantitative estimate of drug-likeness (QED) is 0.683. The standard InChI is InChI=1S/C17H19N3/c1-13-15(16-6-2-3-7-17(16)20-13)8-10-19-12-14-5-4-9-18-11-14/h2-7,9,11,19-20H,8,10,12H2,1H3/p+1. The molecule has 0 spiro atoms. The first-order chi connectivity index (χ1) is 9.84. The lowest BCUT2D eigenvalue weighted by Crippen LogP contribution is -2.83. The van der Waals surface area contributed by atoms with Gasteiger partial charge in [0.15, 0.2) is 0 Å². The van der Waals surface area contributed by atoms with Crippen LogP contribution in [0.4, 0.5) is 0 Å². The van der Waals surface area contributed by atoms with Crippen LogP contribution in [0.15, 0.2) is 48.8 Å². The first kappa shape index (κ1) is 12.9. The Bertz CT molecular complexity index is 686.